The number of ether oxygens (including phenoxy) is 2. The number of carbonyl (C=O) groups excluding carboxylic acids is 1. The zero-order valence-electron chi connectivity index (χ0n) is 18.2. The van der Waals surface area contributed by atoms with Crippen LogP contribution < -0.4 is 19.1 Å². The Balaban J connectivity index is 1.72. The second-order valence-electron chi connectivity index (χ2n) is 6.80. The van der Waals surface area contributed by atoms with Gasteiger partial charge in [0.1, 0.15) is 4.90 Å². The van der Waals surface area contributed by atoms with E-state index in [2.05, 4.69) is 10.5 Å². The number of benzene rings is 3. The van der Waals surface area contributed by atoms with E-state index in [0.29, 0.717) is 29.2 Å². The number of methoxy groups -OCH3 is 1. The van der Waals surface area contributed by atoms with Crippen LogP contribution in [-0.2, 0) is 10.1 Å². The number of rotatable bonds is 10. The van der Waals surface area contributed by atoms with E-state index < -0.39 is 16.0 Å². The van der Waals surface area contributed by atoms with Gasteiger partial charge in [0.25, 0.3) is 5.91 Å². The first-order chi connectivity index (χ1) is 15.9. The van der Waals surface area contributed by atoms with Gasteiger partial charge in [-0.2, -0.15) is 13.5 Å². The topological polar surface area (TPSA) is 103 Å². The van der Waals surface area contributed by atoms with E-state index in [4.69, 9.17) is 13.7 Å². The predicted molar refractivity (Wildman–Crippen MR) is 125 cm³/mol. The molecule has 9 heteroatoms. The minimum atomic E-state index is -4.01. The summed E-state index contributed by atoms with van der Waals surface area (Å²) in [6, 6.07) is 19.1. The fourth-order valence-electron chi connectivity index (χ4n) is 2.78. The van der Waals surface area contributed by atoms with Crippen LogP contribution in [0, 0.1) is 0 Å². The molecule has 172 valence electrons. The summed E-state index contributed by atoms with van der Waals surface area (Å²) in [7, 11) is -2.52. The summed E-state index contributed by atoms with van der Waals surface area (Å²) >= 11 is 0. The van der Waals surface area contributed by atoms with Gasteiger partial charge >= 0.3 is 10.1 Å². The van der Waals surface area contributed by atoms with Crippen LogP contribution in [0.2, 0.25) is 0 Å². The van der Waals surface area contributed by atoms with Gasteiger partial charge in [0.05, 0.1) is 19.9 Å². The van der Waals surface area contributed by atoms with Gasteiger partial charge in [-0.25, -0.2) is 5.43 Å². The van der Waals surface area contributed by atoms with E-state index in [-0.39, 0.29) is 10.6 Å². The lowest BCUT2D eigenvalue weighted by atomic mass is 10.2. The summed E-state index contributed by atoms with van der Waals surface area (Å²) in [4.78, 5) is 12.5. The normalized spacial score (nSPS) is 11.2. The SMILES string of the molecule is CCCOc1ccc(C(=O)N/N=C/c2ccccc2OS(=O)(=O)c2ccccc2)cc1OC. The Labute approximate surface area is 192 Å². The quantitative estimate of drug-likeness (QED) is 0.274. The van der Waals surface area contributed by atoms with E-state index in [9.17, 15) is 13.2 Å². The van der Waals surface area contributed by atoms with Crippen LogP contribution in [-0.4, -0.2) is 34.3 Å². The predicted octanol–water partition coefficient (Wildman–Crippen LogP) is 4.02. The first kappa shape index (κ1) is 23.8. The van der Waals surface area contributed by atoms with Crippen molar-refractivity contribution in [2.75, 3.05) is 13.7 Å². The molecule has 0 saturated carbocycles. The van der Waals surface area contributed by atoms with Gasteiger partial charge < -0.3 is 13.7 Å². The van der Waals surface area contributed by atoms with Crippen LogP contribution >= 0.6 is 0 Å². The highest BCUT2D eigenvalue weighted by Gasteiger charge is 2.17. The van der Waals surface area contributed by atoms with Gasteiger partial charge in [0.15, 0.2) is 17.2 Å². The van der Waals surface area contributed by atoms with Crippen molar-refractivity contribution in [3.05, 3.63) is 83.9 Å². The Kier molecular flexibility index (Phi) is 8.04. The largest absolute Gasteiger partial charge is 0.493 e. The van der Waals surface area contributed by atoms with Crippen LogP contribution in [0.5, 0.6) is 17.2 Å². The fraction of sp³-hybridized carbons (Fsp3) is 0.167. The Morgan fingerprint density at radius 2 is 1.70 bits per heavy atom. The first-order valence-corrected chi connectivity index (χ1v) is 11.6. The third kappa shape index (κ3) is 6.33. The Morgan fingerprint density at radius 3 is 2.42 bits per heavy atom. The molecule has 0 aliphatic heterocycles. The molecule has 0 bridgehead atoms. The molecule has 0 heterocycles. The molecule has 1 N–H and O–H groups in total. The lowest BCUT2D eigenvalue weighted by molar-refractivity contribution is 0.0954. The summed E-state index contributed by atoms with van der Waals surface area (Å²) < 4.78 is 41.2. The lowest BCUT2D eigenvalue weighted by Gasteiger charge is -2.11. The van der Waals surface area contributed by atoms with Gasteiger partial charge in [0.2, 0.25) is 0 Å². The molecule has 0 atom stereocenters. The van der Waals surface area contributed by atoms with Crippen LogP contribution in [0.3, 0.4) is 0 Å². The molecular formula is C24H24N2O6S. The van der Waals surface area contributed by atoms with Crippen molar-refractivity contribution in [1.82, 2.24) is 5.43 Å². The highest BCUT2D eigenvalue weighted by molar-refractivity contribution is 7.87. The van der Waals surface area contributed by atoms with Gasteiger partial charge in [-0.15, -0.1) is 0 Å². The molecule has 0 aliphatic rings. The van der Waals surface area contributed by atoms with Gasteiger partial charge in [-0.05, 0) is 48.9 Å². The van der Waals surface area contributed by atoms with Crippen LogP contribution in [0.1, 0.15) is 29.3 Å². The van der Waals surface area contributed by atoms with Crippen molar-refractivity contribution < 1.29 is 26.9 Å². The van der Waals surface area contributed by atoms with Crippen molar-refractivity contribution in [3.63, 3.8) is 0 Å². The highest BCUT2D eigenvalue weighted by Crippen LogP contribution is 2.28. The Hall–Kier alpha value is -3.85. The summed E-state index contributed by atoms with van der Waals surface area (Å²) in [6.45, 7) is 2.53. The van der Waals surface area contributed by atoms with E-state index >= 15 is 0 Å². The van der Waals surface area contributed by atoms with Crippen LogP contribution in [0.4, 0.5) is 0 Å². The zero-order chi connectivity index (χ0) is 23.7. The van der Waals surface area contributed by atoms with Crippen molar-refractivity contribution >= 4 is 22.2 Å². The monoisotopic (exact) mass is 468 g/mol. The average molecular weight is 469 g/mol. The number of nitrogens with zero attached hydrogens (tertiary/aromatic N) is 1. The smallest absolute Gasteiger partial charge is 0.339 e. The van der Waals surface area contributed by atoms with Gasteiger partial charge in [-0.3, -0.25) is 4.79 Å². The Bertz CT molecular complexity index is 1230. The molecule has 3 aromatic carbocycles. The molecule has 0 aromatic heterocycles. The van der Waals surface area contributed by atoms with E-state index in [1.807, 2.05) is 6.92 Å². The number of hydrogen-bond acceptors (Lipinski definition) is 7. The molecule has 3 rings (SSSR count). The number of para-hydroxylation sites is 1. The number of hydrazone groups is 1. The third-order valence-electron chi connectivity index (χ3n) is 4.41. The number of amides is 1. The highest BCUT2D eigenvalue weighted by atomic mass is 32.2. The molecule has 0 spiro atoms. The molecule has 8 nitrogen and oxygen atoms in total. The Morgan fingerprint density at radius 1 is 0.970 bits per heavy atom. The van der Waals surface area contributed by atoms with Crippen LogP contribution in [0.25, 0.3) is 0 Å². The standard InChI is InChI=1S/C24H24N2O6S/c1-3-15-31-22-14-13-18(16-23(22)30-2)24(27)26-25-17-19-9-7-8-12-21(19)32-33(28,29)20-10-5-4-6-11-20/h4-14,16-17H,3,15H2,1-2H3,(H,26,27)/b25-17+. The van der Waals surface area contributed by atoms with Gasteiger partial charge in [0, 0.05) is 11.1 Å². The number of nitrogens with one attached hydrogen (secondary N) is 1. The first-order valence-electron chi connectivity index (χ1n) is 10.2. The minimum absolute atomic E-state index is 0.0327. The van der Waals surface area contributed by atoms with Crippen molar-refractivity contribution in [3.8, 4) is 17.2 Å². The molecule has 0 radical (unpaired) electrons. The average Bonchev–Trinajstić information content (AvgIpc) is 2.84. The summed E-state index contributed by atoms with van der Waals surface area (Å²) in [5.74, 6) is 0.593. The molecular weight excluding hydrogens is 444 g/mol. The molecule has 0 saturated heterocycles. The maximum absolute atomic E-state index is 12.5. The minimum Gasteiger partial charge on any atom is -0.493 e. The van der Waals surface area contributed by atoms with Crippen molar-refractivity contribution in [1.29, 1.82) is 0 Å². The fourth-order valence-corrected chi connectivity index (χ4v) is 3.76. The maximum atomic E-state index is 12.5. The van der Waals surface area contributed by atoms with E-state index in [0.717, 1.165) is 6.42 Å². The molecule has 1 amide bonds. The molecule has 0 aliphatic carbocycles. The van der Waals surface area contributed by atoms with Crippen LogP contribution in [0.15, 0.2) is 82.8 Å². The van der Waals surface area contributed by atoms with Crippen molar-refractivity contribution in [2.24, 2.45) is 5.10 Å². The maximum Gasteiger partial charge on any atom is 0.339 e. The molecule has 3 aromatic rings. The number of carbonyl (C=O) groups is 1. The van der Waals surface area contributed by atoms with Gasteiger partial charge in [-0.1, -0.05) is 37.3 Å². The lowest BCUT2D eigenvalue weighted by Crippen LogP contribution is -2.18. The zero-order valence-corrected chi connectivity index (χ0v) is 19.0. The molecule has 33 heavy (non-hydrogen) atoms. The van der Waals surface area contributed by atoms with E-state index in [1.165, 1.54) is 31.5 Å². The third-order valence-corrected chi connectivity index (χ3v) is 5.66. The second kappa shape index (κ2) is 11.1. The summed E-state index contributed by atoms with van der Waals surface area (Å²) in [6.07, 6.45) is 2.15. The summed E-state index contributed by atoms with van der Waals surface area (Å²) in [5, 5.41) is 3.94. The van der Waals surface area contributed by atoms with E-state index in [1.54, 1.807) is 54.6 Å². The molecule has 0 fully saturated rings. The van der Waals surface area contributed by atoms with Crippen molar-refractivity contribution in [2.45, 2.75) is 18.2 Å². The number of hydrogen-bond donors (Lipinski definition) is 1. The molecule has 0 unspecified atom stereocenters. The summed E-state index contributed by atoms with van der Waals surface area (Å²) in [5.41, 5.74) is 3.11. The second-order valence-corrected chi connectivity index (χ2v) is 8.35.